The number of nitrogens with zero attached hydrogens (tertiary/aromatic N) is 1. The summed E-state index contributed by atoms with van der Waals surface area (Å²) in [4.78, 5) is 4.45. The standard InChI is InChI=1S/C14H11N/c1-2-6-14-9-10(14)8-13-11(12(14)5-1)4-3-7-15-13/h1-8,10H,9H2. The maximum atomic E-state index is 4.45. The summed E-state index contributed by atoms with van der Waals surface area (Å²) in [5.41, 5.74) is 1.81. The first-order valence-corrected chi connectivity index (χ1v) is 5.44. The Balaban J connectivity index is 2.20. The van der Waals surface area contributed by atoms with Crippen LogP contribution >= 0.6 is 0 Å². The molecule has 1 saturated carbocycles. The molecule has 0 aromatic carbocycles. The van der Waals surface area contributed by atoms with Gasteiger partial charge in [0, 0.05) is 16.8 Å². The Morgan fingerprint density at radius 3 is 3.33 bits per heavy atom. The Bertz CT molecular complexity index is 621. The van der Waals surface area contributed by atoms with Gasteiger partial charge in [0.05, 0.1) is 5.35 Å². The molecule has 0 bridgehead atoms. The molecule has 0 saturated heterocycles. The Hall–Kier alpha value is -1.63. The van der Waals surface area contributed by atoms with Crippen LogP contribution in [0.3, 0.4) is 0 Å². The van der Waals surface area contributed by atoms with Crippen LogP contribution in [0.15, 0.2) is 42.6 Å². The molecule has 1 aromatic rings. The predicted molar refractivity (Wildman–Crippen MR) is 60.2 cm³/mol. The van der Waals surface area contributed by atoms with Gasteiger partial charge in [-0.1, -0.05) is 36.4 Å². The van der Waals surface area contributed by atoms with E-state index < -0.39 is 0 Å². The maximum absolute atomic E-state index is 4.45. The second-order valence-corrected chi connectivity index (χ2v) is 4.59. The van der Waals surface area contributed by atoms with Crippen molar-refractivity contribution in [1.29, 1.82) is 0 Å². The van der Waals surface area contributed by atoms with Crippen molar-refractivity contribution in [2.75, 3.05) is 0 Å². The summed E-state index contributed by atoms with van der Waals surface area (Å²) in [7, 11) is 0. The van der Waals surface area contributed by atoms with Crippen LogP contribution in [0.4, 0.5) is 0 Å². The molecular formula is C14H11N. The monoisotopic (exact) mass is 193 g/mol. The van der Waals surface area contributed by atoms with Crippen LogP contribution in [0.25, 0.3) is 11.6 Å². The molecule has 4 rings (SSSR count). The first-order valence-electron chi connectivity index (χ1n) is 5.44. The van der Waals surface area contributed by atoms with Gasteiger partial charge in [-0.2, -0.15) is 0 Å². The smallest absolute Gasteiger partial charge is 0.0668 e. The highest BCUT2D eigenvalue weighted by atomic mass is 14.7. The summed E-state index contributed by atoms with van der Waals surface area (Å²) in [5, 5.41) is 2.50. The lowest BCUT2D eigenvalue weighted by atomic mass is 9.85. The van der Waals surface area contributed by atoms with Crippen LogP contribution in [0.2, 0.25) is 0 Å². The van der Waals surface area contributed by atoms with E-state index >= 15 is 0 Å². The van der Waals surface area contributed by atoms with Gasteiger partial charge < -0.3 is 0 Å². The maximum Gasteiger partial charge on any atom is 0.0668 e. The second kappa shape index (κ2) is 2.30. The van der Waals surface area contributed by atoms with Gasteiger partial charge in [-0.3, -0.25) is 4.98 Å². The molecule has 2 atom stereocenters. The molecule has 3 aliphatic rings. The molecule has 15 heavy (non-hydrogen) atoms. The van der Waals surface area contributed by atoms with E-state index in [2.05, 4.69) is 41.4 Å². The molecule has 1 fully saturated rings. The zero-order chi connectivity index (χ0) is 9.88. The van der Waals surface area contributed by atoms with Gasteiger partial charge in [0.15, 0.2) is 0 Å². The largest absolute Gasteiger partial charge is 0.257 e. The van der Waals surface area contributed by atoms with Crippen molar-refractivity contribution in [2.45, 2.75) is 6.42 Å². The average molecular weight is 193 g/mol. The van der Waals surface area contributed by atoms with Crippen molar-refractivity contribution in [3.05, 3.63) is 53.2 Å². The fourth-order valence-electron chi connectivity index (χ4n) is 2.95. The zero-order valence-corrected chi connectivity index (χ0v) is 8.35. The number of hydrogen-bond donors (Lipinski definition) is 0. The number of fused-ring (bicyclic) bond motifs is 1. The summed E-state index contributed by atoms with van der Waals surface area (Å²) >= 11 is 0. The van der Waals surface area contributed by atoms with Gasteiger partial charge in [0.1, 0.15) is 0 Å². The topological polar surface area (TPSA) is 12.9 Å². The van der Waals surface area contributed by atoms with Crippen LogP contribution in [0, 0.1) is 11.3 Å². The minimum Gasteiger partial charge on any atom is -0.257 e. The molecule has 0 N–H and O–H groups in total. The molecule has 72 valence electrons. The van der Waals surface area contributed by atoms with Gasteiger partial charge in [-0.05, 0) is 24.0 Å². The van der Waals surface area contributed by atoms with Crippen molar-refractivity contribution in [1.82, 2.24) is 4.98 Å². The van der Waals surface area contributed by atoms with Crippen LogP contribution in [0.5, 0.6) is 0 Å². The summed E-state index contributed by atoms with van der Waals surface area (Å²) in [6.45, 7) is 0. The summed E-state index contributed by atoms with van der Waals surface area (Å²) < 4.78 is 0. The molecule has 0 aliphatic heterocycles. The third-order valence-electron chi connectivity index (χ3n) is 3.82. The van der Waals surface area contributed by atoms with E-state index in [4.69, 9.17) is 0 Å². The molecule has 1 heteroatoms. The van der Waals surface area contributed by atoms with Crippen molar-refractivity contribution in [3.63, 3.8) is 0 Å². The molecule has 3 aliphatic carbocycles. The van der Waals surface area contributed by atoms with E-state index in [-0.39, 0.29) is 0 Å². The van der Waals surface area contributed by atoms with Crippen LogP contribution in [0.1, 0.15) is 6.42 Å². The number of pyridine rings is 1. The van der Waals surface area contributed by atoms with Crippen LogP contribution < -0.4 is 10.6 Å². The first-order chi connectivity index (χ1) is 7.40. The van der Waals surface area contributed by atoms with Crippen LogP contribution in [-0.2, 0) is 0 Å². The molecule has 1 aromatic heterocycles. The molecule has 0 amide bonds. The van der Waals surface area contributed by atoms with Crippen molar-refractivity contribution < 1.29 is 0 Å². The highest BCUT2D eigenvalue weighted by Gasteiger charge is 2.54. The van der Waals surface area contributed by atoms with Crippen molar-refractivity contribution >= 4 is 11.6 Å². The molecule has 1 spiro atoms. The van der Waals surface area contributed by atoms with Crippen molar-refractivity contribution in [2.24, 2.45) is 11.3 Å². The third-order valence-corrected chi connectivity index (χ3v) is 3.82. The number of aromatic nitrogens is 1. The van der Waals surface area contributed by atoms with Gasteiger partial charge in [0.25, 0.3) is 0 Å². The van der Waals surface area contributed by atoms with E-state index in [0.29, 0.717) is 11.3 Å². The number of rotatable bonds is 0. The Labute approximate surface area is 88.2 Å². The van der Waals surface area contributed by atoms with Crippen LogP contribution in [-0.4, -0.2) is 4.98 Å². The first kappa shape index (κ1) is 7.63. The van der Waals surface area contributed by atoms with E-state index in [1.54, 1.807) is 0 Å². The normalized spacial score (nSPS) is 33.9. The minimum absolute atomic E-state index is 0.338. The van der Waals surface area contributed by atoms with E-state index in [0.717, 1.165) is 0 Å². The predicted octanol–water partition coefficient (Wildman–Crippen LogP) is 1.16. The number of allylic oxidation sites excluding steroid dienone is 4. The van der Waals surface area contributed by atoms with Gasteiger partial charge in [-0.15, -0.1) is 0 Å². The fourth-order valence-corrected chi connectivity index (χ4v) is 2.95. The highest BCUT2D eigenvalue weighted by Crippen LogP contribution is 2.62. The van der Waals surface area contributed by atoms with Gasteiger partial charge in [-0.25, -0.2) is 0 Å². The Kier molecular flexibility index (Phi) is 1.17. The second-order valence-electron chi connectivity index (χ2n) is 4.59. The van der Waals surface area contributed by atoms with Gasteiger partial charge >= 0.3 is 0 Å². The third kappa shape index (κ3) is 0.816. The quantitative estimate of drug-likeness (QED) is 0.602. The van der Waals surface area contributed by atoms with Gasteiger partial charge in [0.2, 0.25) is 0 Å². The lowest BCUT2D eigenvalue weighted by molar-refractivity contribution is 0.813. The molecule has 0 radical (unpaired) electrons. The SMILES string of the molecule is C1=CC2=c3cccnc3=CC3CC23C=C1. The summed E-state index contributed by atoms with van der Waals surface area (Å²) in [6, 6.07) is 4.22. The summed E-state index contributed by atoms with van der Waals surface area (Å²) in [6.07, 6.45) is 14.4. The lowest BCUT2D eigenvalue weighted by Crippen LogP contribution is -2.35. The number of hydrogen-bond acceptors (Lipinski definition) is 1. The zero-order valence-electron chi connectivity index (χ0n) is 8.35. The Morgan fingerprint density at radius 1 is 1.33 bits per heavy atom. The van der Waals surface area contributed by atoms with E-state index in [1.807, 2.05) is 12.3 Å². The molecule has 2 unspecified atom stereocenters. The fraction of sp³-hybridized carbons (Fsp3) is 0.214. The summed E-state index contributed by atoms with van der Waals surface area (Å²) in [5.74, 6) is 0.691. The average Bonchev–Trinajstić information content (AvgIpc) is 2.97. The molecular weight excluding hydrogens is 182 g/mol. The Morgan fingerprint density at radius 2 is 2.33 bits per heavy atom. The molecule has 1 nitrogen and oxygen atoms in total. The van der Waals surface area contributed by atoms with E-state index in [1.165, 1.54) is 22.6 Å². The van der Waals surface area contributed by atoms with E-state index in [9.17, 15) is 0 Å². The minimum atomic E-state index is 0.338. The van der Waals surface area contributed by atoms with Crippen molar-refractivity contribution in [3.8, 4) is 0 Å². The molecule has 1 heterocycles. The lowest BCUT2D eigenvalue weighted by Gasteiger charge is -2.19. The highest BCUT2D eigenvalue weighted by molar-refractivity contribution is 5.76.